The Morgan fingerprint density at radius 1 is 1.39 bits per heavy atom. The number of carbonyl (C=O) groups excluding carboxylic acids is 3. The first-order valence-electron chi connectivity index (χ1n) is 5.50. The van der Waals surface area contributed by atoms with E-state index in [9.17, 15) is 14.4 Å². The molecule has 0 bridgehead atoms. The van der Waals surface area contributed by atoms with Gasteiger partial charge >= 0.3 is 0 Å². The normalized spacial score (nSPS) is 18.6. The first-order chi connectivity index (χ1) is 8.28. The quantitative estimate of drug-likeness (QED) is 0.735. The molecule has 98 valence electrons. The Morgan fingerprint density at radius 3 is 2.56 bits per heavy atom. The molecule has 18 heavy (non-hydrogen) atoms. The average molecular weight is 252 g/mol. The molecule has 0 spiro atoms. The standard InChI is InChI=1S/C11H16N4O3/c1-11(2,3)13-9(17)6-12-10(18)7-4-5-8(16)15-14-7/h4-5,7H,6H2,1-3H3,(H,12,18)(H,13,17). The molecule has 7 nitrogen and oxygen atoms in total. The van der Waals surface area contributed by atoms with E-state index in [1.165, 1.54) is 12.2 Å². The summed E-state index contributed by atoms with van der Waals surface area (Å²) in [7, 11) is 0. The molecule has 1 aliphatic rings. The highest BCUT2D eigenvalue weighted by Crippen LogP contribution is 2.02. The van der Waals surface area contributed by atoms with Crippen LogP contribution in [0.5, 0.6) is 0 Å². The van der Waals surface area contributed by atoms with Gasteiger partial charge in [0.05, 0.1) is 6.54 Å². The number of hydrogen-bond acceptors (Lipinski definition) is 4. The van der Waals surface area contributed by atoms with E-state index in [1.807, 2.05) is 20.8 Å². The fourth-order valence-electron chi connectivity index (χ4n) is 1.24. The summed E-state index contributed by atoms with van der Waals surface area (Å²) in [6, 6.07) is -0.842. The zero-order valence-electron chi connectivity index (χ0n) is 10.6. The second kappa shape index (κ2) is 5.52. The summed E-state index contributed by atoms with van der Waals surface area (Å²) in [5.41, 5.74) is -0.349. The van der Waals surface area contributed by atoms with Gasteiger partial charge in [0, 0.05) is 11.6 Å². The second-order valence-corrected chi connectivity index (χ2v) is 4.87. The van der Waals surface area contributed by atoms with Gasteiger partial charge in [0.1, 0.15) is 0 Å². The summed E-state index contributed by atoms with van der Waals surface area (Å²) in [5, 5.41) is 11.9. The maximum atomic E-state index is 11.6. The van der Waals surface area contributed by atoms with Gasteiger partial charge < -0.3 is 10.6 Å². The Hall–Kier alpha value is -2.05. The number of azo groups is 1. The van der Waals surface area contributed by atoms with Crippen LogP contribution in [0.4, 0.5) is 0 Å². The summed E-state index contributed by atoms with van der Waals surface area (Å²) in [5.74, 6) is -1.25. The van der Waals surface area contributed by atoms with Crippen LogP contribution >= 0.6 is 0 Å². The van der Waals surface area contributed by atoms with Crippen molar-refractivity contribution >= 4 is 17.7 Å². The average Bonchev–Trinajstić information content (AvgIpc) is 2.24. The lowest BCUT2D eigenvalue weighted by Gasteiger charge is -2.20. The lowest BCUT2D eigenvalue weighted by atomic mass is 10.1. The van der Waals surface area contributed by atoms with Crippen LogP contribution in [0.25, 0.3) is 0 Å². The van der Waals surface area contributed by atoms with Crippen LogP contribution in [-0.4, -0.2) is 35.8 Å². The summed E-state index contributed by atoms with van der Waals surface area (Å²) in [4.78, 5) is 33.7. The van der Waals surface area contributed by atoms with Crippen LogP contribution in [0, 0.1) is 0 Å². The van der Waals surface area contributed by atoms with E-state index < -0.39 is 17.9 Å². The smallest absolute Gasteiger partial charge is 0.287 e. The highest BCUT2D eigenvalue weighted by molar-refractivity contribution is 5.93. The molecular formula is C11H16N4O3. The predicted octanol–water partition coefficient (Wildman–Crippen LogP) is -0.0655. The van der Waals surface area contributed by atoms with E-state index >= 15 is 0 Å². The SMILES string of the molecule is CC(C)(C)NC(=O)CNC(=O)C1C=CC(=O)N=N1. The number of rotatable bonds is 3. The van der Waals surface area contributed by atoms with Crippen LogP contribution < -0.4 is 10.6 Å². The van der Waals surface area contributed by atoms with Gasteiger partial charge in [0.15, 0.2) is 6.04 Å². The molecular weight excluding hydrogens is 236 g/mol. The zero-order valence-corrected chi connectivity index (χ0v) is 10.6. The van der Waals surface area contributed by atoms with E-state index in [0.29, 0.717) is 0 Å². The third-order valence-corrected chi connectivity index (χ3v) is 1.91. The monoisotopic (exact) mass is 252 g/mol. The van der Waals surface area contributed by atoms with Crippen molar-refractivity contribution in [2.75, 3.05) is 6.54 Å². The number of amides is 3. The summed E-state index contributed by atoms with van der Waals surface area (Å²) < 4.78 is 0. The molecule has 1 atom stereocenters. The largest absolute Gasteiger partial charge is 0.350 e. The van der Waals surface area contributed by atoms with Gasteiger partial charge in [-0.25, -0.2) is 0 Å². The molecule has 0 aliphatic carbocycles. The molecule has 0 aromatic heterocycles. The van der Waals surface area contributed by atoms with Crippen molar-refractivity contribution < 1.29 is 14.4 Å². The topological polar surface area (TPSA) is 100.0 Å². The van der Waals surface area contributed by atoms with Crippen LogP contribution in [0.1, 0.15) is 20.8 Å². The Labute approximate surface area is 105 Å². The summed E-state index contributed by atoms with van der Waals surface area (Å²) in [6.07, 6.45) is 2.51. The van der Waals surface area contributed by atoms with Crippen LogP contribution in [0.2, 0.25) is 0 Å². The minimum Gasteiger partial charge on any atom is -0.350 e. The molecule has 3 amide bonds. The van der Waals surface area contributed by atoms with Crippen LogP contribution in [-0.2, 0) is 14.4 Å². The van der Waals surface area contributed by atoms with Crippen molar-refractivity contribution in [3.05, 3.63) is 12.2 Å². The number of nitrogens with one attached hydrogen (secondary N) is 2. The van der Waals surface area contributed by atoms with Crippen molar-refractivity contribution in [3.63, 3.8) is 0 Å². The van der Waals surface area contributed by atoms with Gasteiger partial charge in [-0.2, -0.15) is 5.11 Å². The van der Waals surface area contributed by atoms with Crippen molar-refractivity contribution in [1.29, 1.82) is 0 Å². The third-order valence-electron chi connectivity index (χ3n) is 1.91. The molecule has 0 fully saturated rings. The summed E-state index contributed by atoms with van der Waals surface area (Å²) in [6.45, 7) is 5.40. The molecule has 1 aliphatic heterocycles. The van der Waals surface area contributed by atoms with Gasteiger partial charge in [-0.15, -0.1) is 5.11 Å². The fraction of sp³-hybridized carbons (Fsp3) is 0.545. The zero-order chi connectivity index (χ0) is 13.8. The highest BCUT2D eigenvalue weighted by atomic mass is 16.2. The lowest BCUT2D eigenvalue weighted by Crippen LogP contribution is -2.47. The van der Waals surface area contributed by atoms with Gasteiger partial charge in [-0.3, -0.25) is 14.4 Å². The molecule has 1 unspecified atom stereocenters. The summed E-state index contributed by atoms with van der Waals surface area (Å²) >= 11 is 0. The highest BCUT2D eigenvalue weighted by Gasteiger charge is 2.20. The van der Waals surface area contributed by atoms with Crippen molar-refractivity contribution in [1.82, 2.24) is 10.6 Å². The third kappa shape index (κ3) is 4.86. The van der Waals surface area contributed by atoms with Gasteiger partial charge in [0.2, 0.25) is 5.91 Å². The Morgan fingerprint density at radius 2 is 2.06 bits per heavy atom. The molecule has 2 N–H and O–H groups in total. The molecule has 1 rings (SSSR count). The van der Waals surface area contributed by atoms with Crippen molar-refractivity contribution in [3.8, 4) is 0 Å². The first kappa shape index (κ1) is 14.0. The van der Waals surface area contributed by atoms with Gasteiger partial charge in [-0.1, -0.05) is 0 Å². The van der Waals surface area contributed by atoms with Crippen molar-refractivity contribution in [2.45, 2.75) is 32.4 Å². The fourth-order valence-corrected chi connectivity index (χ4v) is 1.24. The molecule has 0 saturated carbocycles. The van der Waals surface area contributed by atoms with Crippen molar-refractivity contribution in [2.24, 2.45) is 10.2 Å². The maximum absolute atomic E-state index is 11.6. The first-order valence-corrected chi connectivity index (χ1v) is 5.50. The Bertz CT molecular complexity index is 404. The lowest BCUT2D eigenvalue weighted by molar-refractivity contribution is -0.127. The number of carbonyl (C=O) groups is 3. The van der Waals surface area contributed by atoms with Gasteiger partial charge in [0.25, 0.3) is 11.8 Å². The van der Waals surface area contributed by atoms with Crippen LogP contribution in [0.15, 0.2) is 22.4 Å². The molecule has 0 saturated heterocycles. The van der Waals surface area contributed by atoms with E-state index in [4.69, 9.17) is 0 Å². The minimum atomic E-state index is -0.842. The maximum Gasteiger partial charge on any atom is 0.287 e. The molecule has 0 aromatic rings. The van der Waals surface area contributed by atoms with E-state index in [2.05, 4.69) is 20.9 Å². The van der Waals surface area contributed by atoms with E-state index in [0.717, 1.165) is 0 Å². The van der Waals surface area contributed by atoms with Gasteiger partial charge in [-0.05, 0) is 26.8 Å². The molecule has 0 radical (unpaired) electrons. The predicted molar refractivity (Wildman–Crippen MR) is 63.7 cm³/mol. The molecule has 1 heterocycles. The Kier molecular flexibility index (Phi) is 4.30. The van der Waals surface area contributed by atoms with E-state index in [-0.39, 0.29) is 18.0 Å². The number of hydrogen-bond donors (Lipinski definition) is 2. The van der Waals surface area contributed by atoms with E-state index in [1.54, 1.807) is 0 Å². The second-order valence-electron chi connectivity index (χ2n) is 4.87. The Balaban J connectivity index is 2.38. The molecule has 0 aromatic carbocycles. The minimum absolute atomic E-state index is 0.135. The van der Waals surface area contributed by atoms with Crippen LogP contribution in [0.3, 0.4) is 0 Å². The molecule has 7 heteroatoms. The number of nitrogens with zero attached hydrogens (tertiary/aromatic N) is 2.